The van der Waals surface area contributed by atoms with E-state index in [1.165, 1.54) is 0 Å². The zero-order valence-electron chi connectivity index (χ0n) is 35.3. The van der Waals surface area contributed by atoms with E-state index in [2.05, 4.69) is 37.7 Å². The Balaban J connectivity index is 1.56. The lowest BCUT2D eigenvalue weighted by Gasteiger charge is -2.29. The quantitative estimate of drug-likeness (QED) is 0.0492. The number of morpholine rings is 1. The minimum Gasteiger partial charge on any atom is -0.379 e. The van der Waals surface area contributed by atoms with Gasteiger partial charge in [0.25, 0.3) is 0 Å². The number of hydrogen-bond acceptors (Lipinski definition) is 9. The number of epoxide rings is 1. The van der Waals surface area contributed by atoms with E-state index in [9.17, 15) is 24.0 Å². The Bertz CT molecular complexity index is 1750. The van der Waals surface area contributed by atoms with Crippen LogP contribution in [0.5, 0.6) is 0 Å². The topological polar surface area (TPSA) is 183 Å². The highest BCUT2D eigenvalue weighted by molar-refractivity contribution is 6.02. The van der Waals surface area contributed by atoms with Crippen molar-refractivity contribution in [1.29, 1.82) is 0 Å². The number of nitrogens with one attached hydrogen (secondary N) is 5. The number of hydrazone groups is 1. The van der Waals surface area contributed by atoms with Crippen LogP contribution in [0.15, 0.2) is 65.8 Å². The number of amides is 5. The lowest BCUT2D eigenvalue weighted by Crippen LogP contribution is -2.59. The predicted molar refractivity (Wildman–Crippen MR) is 227 cm³/mol. The zero-order valence-corrected chi connectivity index (χ0v) is 35.3. The first-order valence-electron chi connectivity index (χ1n) is 20.8. The van der Waals surface area contributed by atoms with Crippen LogP contribution in [0.3, 0.4) is 0 Å². The predicted octanol–water partition coefficient (Wildman–Crippen LogP) is 2.90. The van der Waals surface area contributed by atoms with Crippen molar-refractivity contribution in [3.8, 4) is 12.3 Å². The molecule has 4 rings (SSSR count). The van der Waals surface area contributed by atoms with Crippen molar-refractivity contribution in [3.63, 3.8) is 0 Å². The van der Waals surface area contributed by atoms with E-state index in [1.807, 2.05) is 100 Å². The van der Waals surface area contributed by atoms with Gasteiger partial charge in [0.2, 0.25) is 29.5 Å². The summed E-state index contributed by atoms with van der Waals surface area (Å²) < 4.78 is 11.2. The summed E-state index contributed by atoms with van der Waals surface area (Å²) in [5.74, 6) is 0.431. The number of carbonyl (C=O) groups is 5. The second kappa shape index (κ2) is 23.5. The molecule has 2 aromatic rings. The van der Waals surface area contributed by atoms with E-state index in [-0.39, 0.29) is 55.9 Å². The number of rotatable bonds is 23. The minimum atomic E-state index is -1.05. The van der Waals surface area contributed by atoms with Crippen LogP contribution in [-0.4, -0.2) is 109 Å². The standard InChI is InChI=1S/C45H63N7O7/c1-7-8-19-39(53)50-51-41(45(6)30-59-45)36(26-31(2)3)47-44(57)38(28-34-17-13-10-14-18-34)49-43(56)37(27-32(4)5)48-42(55)35(21-20-33-15-11-9-12-16-33)46-40(54)29-52-22-24-58-25-23-52/h1,9-18,31-32,35-38H,8,19-30H2,2-6H3,(H,46,54)(H,47,57)(H,48,55)(H,49,56)(H,50,53)/b51-41+/t35-,36-,37-,38-,45+/m0/s1. The molecule has 59 heavy (non-hydrogen) atoms. The lowest BCUT2D eigenvalue weighted by molar-refractivity contribution is -0.134. The zero-order chi connectivity index (χ0) is 42.8. The van der Waals surface area contributed by atoms with Gasteiger partial charge in [0.1, 0.15) is 23.7 Å². The molecule has 0 spiro atoms. The van der Waals surface area contributed by atoms with Crippen molar-refractivity contribution in [2.75, 3.05) is 39.5 Å². The Morgan fingerprint density at radius 2 is 1.31 bits per heavy atom. The fraction of sp³-hybridized carbons (Fsp3) is 0.556. The first kappa shape index (κ1) is 46.6. The van der Waals surface area contributed by atoms with Crippen LogP contribution in [0.2, 0.25) is 0 Å². The Labute approximate surface area is 349 Å². The van der Waals surface area contributed by atoms with Crippen molar-refractivity contribution in [3.05, 3.63) is 71.8 Å². The molecule has 0 aliphatic carbocycles. The third-order valence-corrected chi connectivity index (χ3v) is 10.2. The molecular weight excluding hydrogens is 751 g/mol. The third kappa shape index (κ3) is 16.2. The number of terminal acetylenes is 1. The van der Waals surface area contributed by atoms with Crippen LogP contribution in [0.4, 0.5) is 0 Å². The second-order valence-electron chi connectivity index (χ2n) is 16.4. The highest BCUT2D eigenvalue weighted by Gasteiger charge is 2.49. The number of benzene rings is 2. The Morgan fingerprint density at radius 1 is 0.763 bits per heavy atom. The molecule has 2 aliphatic heterocycles. The van der Waals surface area contributed by atoms with Gasteiger partial charge < -0.3 is 30.7 Å². The van der Waals surface area contributed by atoms with Gasteiger partial charge in [-0.25, -0.2) is 5.43 Å². The van der Waals surface area contributed by atoms with Gasteiger partial charge in [-0.05, 0) is 55.6 Å². The molecule has 320 valence electrons. The highest BCUT2D eigenvalue weighted by atomic mass is 16.6. The summed E-state index contributed by atoms with van der Waals surface area (Å²) in [5, 5.41) is 16.4. The molecule has 2 heterocycles. The van der Waals surface area contributed by atoms with Gasteiger partial charge in [-0.1, -0.05) is 88.4 Å². The summed E-state index contributed by atoms with van der Waals surface area (Å²) in [4.78, 5) is 70.6. The van der Waals surface area contributed by atoms with E-state index in [1.54, 1.807) is 0 Å². The van der Waals surface area contributed by atoms with Crippen LogP contribution < -0.4 is 26.7 Å². The normalized spacial score (nSPS) is 18.8. The van der Waals surface area contributed by atoms with Crippen molar-refractivity contribution in [1.82, 2.24) is 31.6 Å². The molecule has 2 aromatic carbocycles. The van der Waals surface area contributed by atoms with Gasteiger partial charge in [-0.2, -0.15) is 5.10 Å². The maximum Gasteiger partial charge on any atom is 0.243 e. The van der Waals surface area contributed by atoms with E-state index >= 15 is 0 Å². The largest absolute Gasteiger partial charge is 0.379 e. The molecule has 14 heteroatoms. The van der Waals surface area contributed by atoms with Crippen molar-refractivity contribution in [2.45, 2.75) is 109 Å². The molecular formula is C45H63N7O7. The molecule has 0 radical (unpaired) electrons. The Kier molecular flexibility index (Phi) is 18.5. The van der Waals surface area contributed by atoms with E-state index < -0.39 is 47.5 Å². The smallest absolute Gasteiger partial charge is 0.243 e. The summed E-state index contributed by atoms with van der Waals surface area (Å²) in [7, 11) is 0. The van der Waals surface area contributed by atoms with Gasteiger partial charge in [0.05, 0.1) is 38.1 Å². The number of carbonyl (C=O) groups excluding carboxylic acids is 5. The first-order chi connectivity index (χ1) is 28.3. The van der Waals surface area contributed by atoms with Gasteiger partial charge in [-0.15, -0.1) is 12.3 Å². The van der Waals surface area contributed by atoms with Gasteiger partial charge in [0, 0.05) is 32.4 Å². The lowest BCUT2D eigenvalue weighted by atomic mass is 9.92. The molecule has 0 bridgehead atoms. The number of ether oxygens (including phenoxy) is 2. The van der Waals surface area contributed by atoms with Crippen molar-refractivity contribution in [2.24, 2.45) is 16.9 Å². The van der Waals surface area contributed by atoms with Crippen LogP contribution >= 0.6 is 0 Å². The van der Waals surface area contributed by atoms with Gasteiger partial charge >= 0.3 is 0 Å². The van der Waals surface area contributed by atoms with Crippen LogP contribution in [0.1, 0.15) is 77.8 Å². The first-order valence-corrected chi connectivity index (χ1v) is 20.8. The van der Waals surface area contributed by atoms with E-state index in [0.717, 1.165) is 11.1 Å². The summed E-state index contributed by atoms with van der Waals surface area (Å²) >= 11 is 0. The Hall–Kier alpha value is -5.10. The molecule has 2 fully saturated rings. The van der Waals surface area contributed by atoms with Gasteiger partial charge in [0.15, 0.2) is 0 Å². The maximum atomic E-state index is 14.4. The van der Waals surface area contributed by atoms with Crippen LogP contribution in [-0.2, 0) is 46.3 Å². The SMILES string of the molecule is C#CCCC(=O)N/N=C(\[C@H](CC(C)C)NC(=O)[C@H](Cc1ccccc1)NC(=O)[C@H](CC(C)C)NC(=O)[C@H](CCc1ccccc1)NC(=O)CN1CCOCC1)[C@@]1(C)CO1. The fourth-order valence-electron chi connectivity index (χ4n) is 6.90. The number of aryl methyl sites for hydroxylation is 1. The number of hydrogen-bond donors (Lipinski definition) is 5. The fourth-order valence-corrected chi connectivity index (χ4v) is 6.90. The average molecular weight is 814 g/mol. The monoisotopic (exact) mass is 813 g/mol. The van der Waals surface area contributed by atoms with Gasteiger partial charge in [-0.3, -0.25) is 28.9 Å². The molecule has 0 unspecified atom stereocenters. The average Bonchev–Trinajstić information content (AvgIpc) is 3.96. The molecule has 2 saturated heterocycles. The van der Waals surface area contributed by atoms with E-state index in [0.29, 0.717) is 57.9 Å². The summed E-state index contributed by atoms with van der Waals surface area (Å²) in [5.41, 5.74) is 4.06. The molecule has 2 aliphatic rings. The van der Waals surface area contributed by atoms with Crippen LogP contribution in [0.25, 0.3) is 0 Å². The van der Waals surface area contributed by atoms with Crippen molar-refractivity contribution >= 4 is 35.2 Å². The molecule has 5 amide bonds. The van der Waals surface area contributed by atoms with Crippen LogP contribution in [0, 0.1) is 24.2 Å². The third-order valence-electron chi connectivity index (χ3n) is 10.2. The summed E-state index contributed by atoms with van der Waals surface area (Å²) in [6.07, 6.45) is 7.46. The Morgan fingerprint density at radius 3 is 1.90 bits per heavy atom. The van der Waals surface area contributed by atoms with E-state index in [4.69, 9.17) is 15.9 Å². The molecule has 14 nitrogen and oxygen atoms in total. The van der Waals surface area contributed by atoms with Crippen molar-refractivity contribution < 1.29 is 33.4 Å². The number of nitrogens with zero attached hydrogens (tertiary/aromatic N) is 2. The minimum absolute atomic E-state index is 0.00421. The summed E-state index contributed by atoms with van der Waals surface area (Å²) in [6.45, 7) is 12.5. The maximum absolute atomic E-state index is 14.4. The molecule has 0 aromatic heterocycles. The summed E-state index contributed by atoms with van der Waals surface area (Å²) in [6, 6.07) is 15.4. The molecule has 5 N–H and O–H groups in total. The highest BCUT2D eigenvalue weighted by Crippen LogP contribution is 2.31. The molecule has 0 saturated carbocycles. The molecule has 5 atom stereocenters. The second-order valence-corrected chi connectivity index (χ2v) is 16.4.